The molecular formula is C18H26. The Morgan fingerprint density at radius 2 is 1.78 bits per heavy atom. The minimum Gasteiger partial charge on any atom is -0.0840 e. The quantitative estimate of drug-likeness (QED) is 0.619. The van der Waals surface area contributed by atoms with Crippen LogP contribution >= 0.6 is 0 Å². The van der Waals surface area contributed by atoms with Crippen molar-refractivity contribution < 1.29 is 0 Å². The maximum atomic E-state index is 2.39. The van der Waals surface area contributed by atoms with E-state index in [1.165, 1.54) is 36.8 Å². The Hall–Kier alpha value is -1.30. The molecular weight excluding hydrogens is 216 g/mol. The largest absolute Gasteiger partial charge is 0.0840 e. The smallest absolute Gasteiger partial charge is 0.0187 e. The van der Waals surface area contributed by atoms with E-state index in [0.717, 1.165) is 0 Å². The lowest BCUT2D eigenvalue weighted by Crippen LogP contribution is -1.95. The van der Waals surface area contributed by atoms with Crippen molar-refractivity contribution in [1.29, 1.82) is 0 Å². The van der Waals surface area contributed by atoms with Gasteiger partial charge in [-0.15, -0.1) is 0 Å². The van der Waals surface area contributed by atoms with Gasteiger partial charge in [-0.05, 0) is 37.2 Å². The van der Waals surface area contributed by atoms with Crippen LogP contribution in [0.15, 0.2) is 54.1 Å². The normalized spacial score (nSPS) is 15.4. The summed E-state index contributed by atoms with van der Waals surface area (Å²) in [7, 11) is 0. The highest BCUT2D eigenvalue weighted by Crippen LogP contribution is 2.24. The third-order valence-corrected chi connectivity index (χ3v) is 3.31. The molecule has 0 saturated heterocycles. The first-order valence-corrected chi connectivity index (χ1v) is 7.27. The zero-order chi connectivity index (χ0) is 13.2. The Balaban J connectivity index is 0.000000771. The number of rotatable bonds is 4. The molecule has 0 amide bonds. The highest BCUT2D eigenvalue weighted by atomic mass is 14.1. The minimum absolute atomic E-state index is 0.664. The maximum Gasteiger partial charge on any atom is -0.0187 e. The van der Waals surface area contributed by atoms with Crippen LogP contribution in [0.4, 0.5) is 0 Å². The molecule has 1 aromatic rings. The molecule has 1 aliphatic rings. The molecule has 0 fully saturated rings. The predicted octanol–water partition coefficient (Wildman–Crippen LogP) is 5.87. The second-order valence-corrected chi connectivity index (χ2v) is 4.61. The summed E-state index contributed by atoms with van der Waals surface area (Å²) in [6.07, 6.45) is 11.9. The second-order valence-electron chi connectivity index (χ2n) is 4.61. The molecule has 0 nitrogen and oxygen atoms in total. The van der Waals surface area contributed by atoms with Gasteiger partial charge in [0, 0.05) is 0 Å². The number of benzene rings is 1. The molecule has 1 aromatic carbocycles. The first-order chi connectivity index (χ1) is 8.86. The molecule has 0 N–H and O–H groups in total. The SMILES string of the molecule is CC.C[C@@H](CCC1=CCCC=C1)c1ccccc1. The zero-order valence-corrected chi connectivity index (χ0v) is 12.0. The Morgan fingerprint density at radius 1 is 1.06 bits per heavy atom. The first kappa shape index (κ1) is 14.8. The zero-order valence-electron chi connectivity index (χ0n) is 12.0. The Kier molecular flexibility index (Phi) is 7.17. The highest BCUT2D eigenvalue weighted by molar-refractivity contribution is 5.23. The van der Waals surface area contributed by atoms with Crippen LogP contribution in [-0.2, 0) is 0 Å². The van der Waals surface area contributed by atoms with E-state index in [1.807, 2.05) is 13.8 Å². The van der Waals surface area contributed by atoms with Gasteiger partial charge in [0.1, 0.15) is 0 Å². The predicted molar refractivity (Wildman–Crippen MR) is 81.9 cm³/mol. The lowest BCUT2D eigenvalue weighted by molar-refractivity contribution is 0.678. The summed E-state index contributed by atoms with van der Waals surface area (Å²) in [6.45, 7) is 6.32. The molecule has 98 valence electrons. The molecule has 0 saturated carbocycles. The molecule has 2 rings (SSSR count). The van der Waals surface area contributed by atoms with Gasteiger partial charge in [0.25, 0.3) is 0 Å². The van der Waals surface area contributed by atoms with Gasteiger partial charge in [-0.2, -0.15) is 0 Å². The summed E-state index contributed by atoms with van der Waals surface area (Å²) in [5, 5.41) is 0. The molecule has 0 spiro atoms. The van der Waals surface area contributed by atoms with E-state index in [9.17, 15) is 0 Å². The van der Waals surface area contributed by atoms with Crippen molar-refractivity contribution >= 4 is 0 Å². The molecule has 0 aromatic heterocycles. The summed E-state index contributed by atoms with van der Waals surface area (Å²) >= 11 is 0. The van der Waals surface area contributed by atoms with Crippen LogP contribution in [0.5, 0.6) is 0 Å². The lowest BCUT2D eigenvalue weighted by Gasteiger charge is -2.13. The van der Waals surface area contributed by atoms with E-state index >= 15 is 0 Å². The molecule has 18 heavy (non-hydrogen) atoms. The molecule has 0 unspecified atom stereocenters. The van der Waals surface area contributed by atoms with Crippen LogP contribution in [0.2, 0.25) is 0 Å². The van der Waals surface area contributed by atoms with Crippen molar-refractivity contribution in [3.63, 3.8) is 0 Å². The van der Waals surface area contributed by atoms with Crippen molar-refractivity contribution in [2.24, 2.45) is 0 Å². The standard InChI is InChI=1S/C16H20.C2H6/c1-14(16-10-6-3-7-11-16)12-13-15-8-4-2-5-9-15;1-2/h3-4,6-11,14H,2,5,12-13H2,1H3;1-2H3/t14-;/m0./s1. The van der Waals surface area contributed by atoms with Crippen molar-refractivity contribution in [3.05, 3.63) is 59.7 Å². The average Bonchev–Trinajstić information content (AvgIpc) is 2.49. The number of allylic oxidation sites excluding steroid dienone is 4. The fourth-order valence-electron chi connectivity index (χ4n) is 2.18. The Bertz CT molecular complexity index is 370. The summed E-state index contributed by atoms with van der Waals surface area (Å²) in [5.74, 6) is 0.664. The van der Waals surface area contributed by atoms with Gasteiger partial charge in [-0.1, -0.05) is 74.9 Å². The summed E-state index contributed by atoms with van der Waals surface area (Å²) in [6, 6.07) is 10.8. The van der Waals surface area contributed by atoms with Crippen molar-refractivity contribution in [2.45, 2.75) is 52.4 Å². The summed E-state index contributed by atoms with van der Waals surface area (Å²) in [5.41, 5.74) is 2.98. The van der Waals surface area contributed by atoms with Gasteiger partial charge in [-0.3, -0.25) is 0 Å². The fourth-order valence-corrected chi connectivity index (χ4v) is 2.18. The summed E-state index contributed by atoms with van der Waals surface area (Å²) in [4.78, 5) is 0. The average molecular weight is 242 g/mol. The van der Waals surface area contributed by atoms with Crippen LogP contribution in [0, 0.1) is 0 Å². The number of hydrogen-bond acceptors (Lipinski definition) is 0. The van der Waals surface area contributed by atoms with Gasteiger partial charge in [-0.25, -0.2) is 0 Å². The van der Waals surface area contributed by atoms with Crippen LogP contribution in [-0.4, -0.2) is 0 Å². The van der Waals surface area contributed by atoms with Crippen LogP contribution < -0.4 is 0 Å². The molecule has 0 radical (unpaired) electrons. The monoisotopic (exact) mass is 242 g/mol. The molecule has 1 atom stereocenters. The van der Waals surface area contributed by atoms with Gasteiger partial charge in [0.2, 0.25) is 0 Å². The lowest BCUT2D eigenvalue weighted by atomic mass is 9.92. The topological polar surface area (TPSA) is 0 Å². The Morgan fingerprint density at radius 3 is 2.39 bits per heavy atom. The van der Waals surface area contributed by atoms with Gasteiger partial charge < -0.3 is 0 Å². The van der Waals surface area contributed by atoms with Gasteiger partial charge >= 0.3 is 0 Å². The third-order valence-electron chi connectivity index (χ3n) is 3.31. The van der Waals surface area contributed by atoms with Crippen molar-refractivity contribution in [1.82, 2.24) is 0 Å². The van der Waals surface area contributed by atoms with E-state index in [4.69, 9.17) is 0 Å². The van der Waals surface area contributed by atoms with Crippen LogP contribution in [0.1, 0.15) is 57.9 Å². The summed E-state index contributed by atoms with van der Waals surface area (Å²) < 4.78 is 0. The highest BCUT2D eigenvalue weighted by Gasteiger charge is 2.06. The molecule has 0 heterocycles. The van der Waals surface area contributed by atoms with Gasteiger partial charge in [0.15, 0.2) is 0 Å². The molecule has 1 aliphatic carbocycles. The maximum absolute atomic E-state index is 2.39. The molecule has 0 aliphatic heterocycles. The van der Waals surface area contributed by atoms with Crippen molar-refractivity contribution in [2.75, 3.05) is 0 Å². The Labute approximate surface area is 112 Å². The van der Waals surface area contributed by atoms with E-state index in [1.54, 1.807) is 0 Å². The van der Waals surface area contributed by atoms with Crippen LogP contribution in [0.3, 0.4) is 0 Å². The molecule has 0 bridgehead atoms. The second kappa shape index (κ2) is 8.74. The van der Waals surface area contributed by atoms with Crippen LogP contribution in [0.25, 0.3) is 0 Å². The number of hydrogen-bond donors (Lipinski definition) is 0. The van der Waals surface area contributed by atoms with Gasteiger partial charge in [0.05, 0.1) is 0 Å². The fraction of sp³-hybridized carbons (Fsp3) is 0.444. The van der Waals surface area contributed by atoms with E-state index in [-0.39, 0.29) is 0 Å². The minimum atomic E-state index is 0.664. The van der Waals surface area contributed by atoms with E-state index in [2.05, 4.69) is 55.5 Å². The first-order valence-electron chi connectivity index (χ1n) is 7.27. The van der Waals surface area contributed by atoms with E-state index in [0.29, 0.717) is 5.92 Å². The van der Waals surface area contributed by atoms with Crippen molar-refractivity contribution in [3.8, 4) is 0 Å². The molecule has 0 heteroatoms. The third kappa shape index (κ3) is 4.91. The van der Waals surface area contributed by atoms with E-state index < -0.39 is 0 Å².